The van der Waals surface area contributed by atoms with E-state index in [9.17, 15) is 27.5 Å². The molecule has 0 aromatic heterocycles. The number of rotatable bonds is 4. The summed E-state index contributed by atoms with van der Waals surface area (Å²) in [6.45, 7) is 4.60. The Morgan fingerprint density at radius 1 is 0.895 bits per heavy atom. The van der Waals surface area contributed by atoms with Gasteiger partial charge in [-0.05, 0) is 58.5 Å². The average Bonchev–Trinajstić information content (AvgIpc) is 2.82. The van der Waals surface area contributed by atoms with Crippen LogP contribution in [0.3, 0.4) is 0 Å². The molecule has 2 aliphatic heterocycles. The zero-order valence-electron chi connectivity index (χ0n) is 21.4. The topological polar surface area (TPSA) is 43.8 Å². The van der Waals surface area contributed by atoms with E-state index in [-0.39, 0.29) is 31.7 Å². The van der Waals surface area contributed by atoms with Gasteiger partial charge >= 0.3 is 5.97 Å². The molecule has 0 saturated carbocycles. The van der Waals surface area contributed by atoms with Crippen molar-refractivity contribution in [2.75, 3.05) is 31.1 Å². The molecule has 2 fully saturated rings. The lowest BCUT2D eigenvalue weighted by Gasteiger charge is -2.51. The molecule has 2 saturated heterocycles. The van der Waals surface area contributed by atoms with Crippen molar-refractivity contribution in [2.24, 2.45) is 0 Å². The number of benzene rings is 2. The maximum atomic E-state index is 13.8. The third-order valence-electron chi connectivity index (χ3n) is 8.36. The van der Waals surface area contributed by atoms with Gasteiger partial charge in [0.05, 0.1) is 37.3 Å². The number of nitrogens with zero attached hydrogens (tertiary/aromatic N) is 2. The van der Waals surface area contributed by atoms with Gasteiger partial charge in [0.2, 0.25) is 0 Å². The molecule has 1 N–H and O–H groups in total. The fraction of sp³-hybridized carbons (Fsp3) is 0.367. The number of hydrogen-bond acceptors (Lipinski definition) is 3. The van der Waals surface area contributed by atoms with Gasteiger partial charge in [0.1, 0.15) is 0 Å². The van der Waals surface area contributed by atoms with Gasteiger partial charge in [0, 0.05) is 11.1 Å². The van der Waals surface area contributed by atoms with E-state index in [1.807, 2.05) is 57.2 Å². The first kappa shape index (κ1) is 24.9. The van der Waals surface area contributed by atoms with Crippen molar-refractivity contribution in [1.82, 2.24) is 4.90 Å². The molecule has 2 aliphatic carbocycles. The fourth-order valence-electron chi connectivity index (χ4n) is 6.17. The summed E-state index contributed by atoms with van der Waals surface area (Å²) < 4.78 is 54.9. The number of fused-ring (bicyclic) bond motifs is 2. The van der Waals surface area contributed by atoms with Crippen LogP contribution >= 0.6 is 0 Å². The van der Waals surface area contributed by atoms with Gasteiger partial charge in [0.25, 0.3) is 11.8 Å². The van der Waals surface area contributed by atoms with Crippen LogP contribution in [-0.2, 0) is 5.41 Å². The molecule has 0 amide bonds. The van der Waals surface area contributed by atoms with Gasteiger partial charge in [-0.25, -0.2) is 22.4 Å². The number of aromatic carboxylic acids is 1. The molecule has 0 bridgehead atoms. The minimum absolute atomic E-state index is 0.149. The Morgan fingerprint density at radius 2 is 1.55 bits per heavy atom. The number of anilines is 1. The molecule has 0 radical (unpaired) electrons. The lowest BCUT2D eigenvalue weighted by molar-refractivity contribution is -0.150. The van der Waals surface area contributed by atoms with Crippen LogP contribution in [0.4, 0.5) is 23.2 Å². The van der Waals surface area contributed by atoms with Crippen molar-refractivity contribution in [3.63, 3.8) is 0 Å². The second-order valence-electron chi connectivity index (χ2n) is 11.5. The summed E-state index contributed by atoms with van der Waals surface area (Å²) in [5, 5.41) is 9.98. The highest BCUT2D eigenvalue weighted by Gasteiger charge is 2.52. The van der Waals surface area contributed by atoms with E-state index in [2.05, 4.69) is 0 Å². The maximum absolute atomic E-state index is 13.8. The zero-order chi connectivity index (χ0) is 27.3. The second-order valence-corrected chi connectivity index (χ2v) is 11.5. The molecular formula is C30H28F4N2O2. The Labute approximate surface area is 218 Å². The van der Waals surface area contributed by atoms with Crippen LogP contribution in [0.25, 0.3) is 5.57 Å². The van der Waals surface area contributed by atoms with Gasteiger partial charge in [0.15, 0.2) is 0 Å². The number of carboxylic acids is 1. The summed E-state index contributed by atoms with van der Waals surface area (Å²) in [6, 6.07) is 12.4. The molecule has 2 aromatic carbocycles. The minimum Gasteiger partial charge on any atom is -0.478 e. The molecule has 0 spiro atoms. The summed E-state index contributed by atoms with van der Waals surface area (Å²) >= 11 is 0. The number of allylic oxidation sites excluding steroid dienone is 3. The SMILES string of the molecule is CC1(C)C2=CC(C)(N3CC(F)(F)C3)C=CC2=C(c2ccccc2C(=O)O)c2ccc(N3CC(F)(F)C3)cc21. The van der Waals surface area contributed by atoms with Crippen molar-refractivity contribution >= 4 is 17.2 Å². The Bertz CT molecular complexity index is 1460. The van der Waals surface area contributed by atoms with Gasteiger partial charge in [-0.1, -0.05) is 56.3 Å². The van der Waals surface area contributed by atoms with Crippen LogP contribution < -0.4 is 4.90 Å². The third-order valence-corrected chi connectivity index (χ3v) is 8.36. The predicted octanol–water partition coefficient (Wildman–Crippen LogP) is 6.14. The van der Waals surface area contributed by atoms with E-state index >= 15 is 0 Å². The predicted molar refractivity (Wildman–Crippen MR) is 138 cm³/mol. The molecule has 198 valence electrons. The molecule has 2 aromatic rings. The third kappa shape index (κ3) is 3.72. The summed E-state index contributed by atoms with van der Waals surface area (Å²) in [5.41, 5.74) is 4.19. The van der Waals surface area contributed by atoms with Crippen molar-refractivity contribution in [3.8, 4) is 0 Å². The van der Waals surface area contributed by atoms with Gasteiger partial charge < -0.3 is 10.0 Å². The highest BCUT2D eigenvalue weighted by molar-refractivity contribution is 6.01. The number of likely N-dealkylation sites (tertiary alicyclic amines) is 1. The second kappa shape index (κ2) is 7.82. The summed E-state index contributed by atoms with van der Waals surface area (Å²) in [4.78, 5) is 15.6. The molecule has 4 aliphatic rings. The van der Waals surface area contributed by atoms with Crippen LogP contribution in [0.2, 0.25) is 0 Å². The summed E-state index contributed by atoms with van der Waals surface area (Å²) in [7, 11) is 0. The Morgan fingerprint density at radius 3 is 2.18 bits per heavy atom. The number of carbonyl (C=O) groups is 1. The maximum Gasteiger partial charge on any atom is 0.336 e. The number of alkyl halides is 4. The number of halogens is 4. The van der Waals surface area contributed by atoms with E-state index in [4.69, 9.17) is 0 Å². The van der Waals surface area contributed by atoms with Crippen LogP contribution in [0.5, 0.6) is 0 Å². The first-order valence-electron chi connectivity index (χ1n) is 12.6. The number of hydrogen-bond donors (Lipinski definition) is 1. The van der Waals surface area contributed by atoms with Crippen molar-refractivity contribution < 1.29 is 27.5 Å². The summed E-state index contributed by atoms with van der Waals surface area (Å²) in [5.74, 6) is -6.50. The molecule has 8 heteroatoms. The van der Waals surface area contributed by atoms with E-state index in [1.165, 1.54) is 0 Å². The van der Waals surface area contributed by atoms with E-state index in [1.54, 1.807) is 34.1 Å². The van der Waals surface area contributed by atoms with E-state index in [0.29, 0.717) is 11.3 Å². The molecule has 6 rings (SSSR count). The summed E-state index contributed by atoms with van der Waals surface area (Å²) in [6.07, 6.45) is 5.84. The molecule has 38 heavy (non-hydrogen) atoms. The van der Waals surface area contributed by atoms with E-state index < -0.39 is 28.8 Å². The molecule has 1 unspecified atom stereocenters. The Hall–Kier alpha value is -3.39. The Balaban J connectivity index is 1.56. The monoisotopic (exact) mass is 524 g/mol. The van der Waals surface area contributed by atoms with Gasteiger partial charge in [-0.2, -0.15) is 0 Å². The molecular weight excluding hydrogens is 496 g/mol. The molecule has 2 heterocycles. The smallest absolute Gasteiger partial charge is 0.336 e. The number of carboxylic acid groups (broad SMARTS) is 1. The fourth-order valence-corrected chi connectivity index (χ4v) is 6.17. The lowest BCUT2D eigenvalue weighted by Crippen LogP contribution is -2.64. The zero-order valence-corrected chi connectivity index (χ0v) is 21.4. The van der Waals surface area contributed by atoms with Crippen LogP contribution in [0, 0.1) is 0 Å². The lowest BCUT2D eigenvalue weighted by atomic mass is 9.62. The standard InChI is InChI=1S/C30H28F4N2O2/c1-27(2)23-12-18(35-14-29(31,32)15-35)8-9-21(23)25(19-6-4-5-7-20(19)26(37)38)22-10-11-28(3,13-24(22)27)36-16-30(33,34)17-36/h4-13H,14-17H2,1-3H3,(H,37,38). The molecule has 4 nitrogen and oxygen atoms in total. The average molecular weight is 525 g/mol. The van der Waals surface area contributed by atoms with Crippen LogP contribution in [-0.4, -0.2) is 59.5 Å². The van der Waals surface area contributed by atoms with Crippen LogP contribution in [0.1, 0.15) is 47.8 Å². The van der Waals surface area contributed by atoms with Crippen molar-refractivity contribution in [1.29, 1.82) is 0 Å². The molecule has 1 atom stereocenters. The van der Waals surface area contributed by atoms with Gasteiger partial charge in [-0.3, -0.25) is 4.90 Å². The van der Waals surface area contributed by atoms with Gasteiger partial charge in [-0.15, -0.1) is 0 Å². The van der Waals surface area contributed by atoms with Crippen LogP contribution in [0.15, 0.2) is 71.8 Å². The minimum atomic E-state index is -2.72. The van der Waals surface area contributed by atoms with E-state index in [0.717, 1.165) is 27.8 Å². The largest absolute Gasteiger partial charge is 0.478 e. The van der Waals surface area contributed by atoms with Crippen molar-refractivity contribution in [2.45, 2.75) is 43.6 Å². The Kier molecular flexibility index (Phi) is 5.13. The van der Waals surface area contributed by atoms with Crippen molar-refractivity contribution in [3.05, 3.63) is 94.1 Å². The highest BCUT2D eigenvalue weighted by Crippen LogP contribution is 2.53. The quantitative estimate of drug-likeness (QED) is 0.488. The highest BCUT2D eigenvalue weighted by atomic mass is 19.3. The first-order chi connectivity index (χ1) is 17.7. The first-order valence-corrected chi connectivity index (χ1v) is 12.6. The normalized spacial score (nSPS) is 26.6.